The zero-order chi connectivity index (χ0) is 10.8. The van der Waals surface area contributed by atoms with Crippen LogP contribution in [0.5, 0.6) is 0 Å². The van der Waals surface area contributed by atoms with Crippen LogP contribution in [0.4, 0.5) is 18.9 Å². The van der Waals surface area contributed by atoms with Gasteiger partial charge in [0.1, 0.15) is 4.60 Å². The van der Waals surface area contributed by atoms with Gasteiger partial charge in [0.25, 0.3) is 0 Å². The molecule has 0 aliphatic heterocycles. The number of amides is 1. The van der Waals surface area contributed by atoms with Crippen molar-refractivity contribution in [2.45, 2.75) is 6.18 Å². The average molecular weight is 269 g/mol. The summed E-state index contributed by atoms with van der Waals surface area (Å²) in [4.78, 5) is 14.1. The molecule has 0 fully saturated rings. The minimum absolute atomic E-state index is 0.00414. The number of pyridine rings is 1. The summed E-state index contributed by atoms with van der Waals surface area (Å²) in [7, 11) is 0. The highest BCUT2D eigenvalue weighted by molar-refractivity contribution is 9.10. The molecule has 76 valence electrons. The summed E-state index contributed by atoms with van der Waals surface area (Å²) >= 11 is 3.01. The van der Waals surface area contributed by atoms with Gasteiger partial charge in [-0.05, 0) is 28.1 Å². The number of nitrogens with one attached hydrogen (secondary N) is 1. The lowest BCUT2D eigenvalue weighted by molar-refractivity contribution is -0.167. The fourth-order valence-corrected chi connectivity index (χ4v) is 0.886. The van der Waals surface area contributed by atoms with E-state index in [1.165, 1.54) is 12.1 Å². The van der Waals surface area contributed by atoms with Crippen molar-refractivity contribution < 1.29 is 18.0 Å². The van der Waals surface area contributed by atoms with E-state index in [1.54, 1.807) is 5.32 Å². The molecule has 0 atom stereocenters. The first kappa shape index (κ1) is 11.0. The van der Waals surface area contributed by atoms with Crippen LogP contribution in [0, 0.1) is 0 Å². The van der Waals surface area contributed by atoms with Crippen LogP contribution < -0.4 is 5.32 Å². The summed E-state index contributed by atoms with van der Waals surface area (Å²) < 4.78 is 35.8. The van der Waals surface area contributed by atoms with E-state index in [-0.39, 0.29) is 5.69 Å². The van der Waals surface area contributed by atoms with Crippen molar-refractivity contribution in [1.82, 2.24) is 4.98 Å². The lowest BCUT2D eigenvalue weighted by atomic mass is 10.4. The van der Waals surface area contributed by atoms with Gasteiger partial charge in [0.15, 0.2) is 0 Å². The molecule has 0 aliphatic rings. The number of hydrogen-bond donors (Lipinski definition) is 1. The van der Waals surface area contributed by atoms with E-state index in [0.717, 1.165) is 6.20 Å². The Hall–Kier alpha value is -1.11. The van der Waals surface area contributed by atoms with Gasteiger partial charge >= 0.3 is 12.1 Å². The summed E-state index contributed by atoms with van der Waals surface area (Å²) in [6.07, 6.45) is -3.76. The number of carbonyl (C=O) groups is 1. The standard InChI is InChI=1S/C7H4BrF3N2O/c8-5-2-1-4(3-12-5)13-6(14)7(9,10)11/h1-3H,(H,13,14). The molecule has 0 spiro atoms. The number of rotatable bonds is 1. The highest BCUT2D eigenvalue weighted by Gasteiger charge is 2.38. The van der Waals surface area contributed by atoms with E-state index < -0.39 is 12.1 Å². The normalized spacial score (nSPS) is 11.1. The van der Waals surface area contributed by atoms with Crippen molar-refractivity contribution in [3.63, 3.8) is 0 Å². The number of halogens is 4. The van der Waals surface area contributed by atoms with Crippen molar-refractivity contribution >= 4 is 27.5 Å². The maximum atomic E-state index is 11.8. The fourth-order valence-electron chi connectivity index (χ4n) is 0.652. The van der Waals surface area contributed by atoms with E-state index in [9.17, 15) is 18.0 Å². The molecule has 1 aromatic heterocycles. The predicted molar refractivity (Wildman–Crippen MR) is 46.6 cm³/mol. The summed E-state index contributed by atoms with van der Waals surface area (Å²) in [6.45, 7) is 0. The molecule has 0 saturated heterocycles. The molecule has 3 nitrogen and oxygen atoms in total. The highest BCUT2D eigenvalue weighted by atomic mass is 79.9. The zero-order valence-electron chi connectivity index (χ0n) is 6.60. The summed E-state index contributed by atoms with van der Waals surface area (Å²) in [5, 5.41) is 1.66. The second-order valence-electron chi connectivity index (χ2n) is 2.32. The molecule has 1 rings (SSSR count). The van der Waals surface area contributed by atoms with Crippen LogP contribution in [-0.2, 0) is 4.79 Å². The molecule has 0 unspecified atom stereocenters. The number of aromatic nitrogens is 1. The minimum atomic E-state index is -4.88. The van der Waals surface area contributed by atoms with E-state index in [2.05, 4.69) is 20.9 Å². The summed E-state index contributed by atoms with van der Waals surface area (Å²) in [5.74, 6) is -2.01. The van der Waals surface area contributed by atoms with E-state index >= 15 is 0 Å². The lowest BCUT2D eigenvalue weighted by Gasteiger charge is -2.06. The van der Waals surface area contributed by atoms with Crippen molar-refractivity contribution in [1.29, 1.82) is 0 Å². The SMILES string of the molecule is O=C(Nc1ccc(Br)nc1)C(F)(F)F. The fraction of sp³-hybridized carbons (Fsp3) is 0.143. The lowest BCUT2D eigenvalue weighted by Crippen LogP contribution is -2.29. The monoisotopic (exact) mass is 268 g/mol. The van der Waals surface area contributed by atoms with Crippen LogP contribution in [0.1, 0.15) is 0 Å². The van der Waals surface area contributed by atoms with Gasteiger partial charge in [-0.1, -0.05) is 0 Å². The zero-order valence-corrected chi connectivity index (χ0v) is 8.19. The Morgan fingerprint density at radius 3 is 2.50 bits per heavy atom. The van der Waals surface area contributed by atoms with Crippen LogP contribution in [0.3, 0.4) is 0 Å². The highest BCUT2D eigenvalue weighted by Crippen LogP contribution is 2.18. The van der Waals surface area contributed by atoms with E-state index in [4.69, 9.17) is 0 Å². The molecule has 14 heavy (non-hydrogen) atoms. The Morgan fingerprint density at radius 1 is 1.43 bits per heavy atom. The number of nitrogens with zero attached hydrogens (tertiary/aromatic N) is 1. The van der Waals surface area contributed by atoms with Gasteiger partial charge in [0.2, 0.25) is 0 Å². The van der Waals surface area contributed by atoms with Crippen molar-refractivity contribution in [3.05, 3.63) is 22.9 Å². The van der Waals surface area contributed by atoms with Gasteiger partial charge in [-0.15, -0.1) is 0 Å². The van der Waals surface area contributed by atoms with Gasteiger partial charge in [-0.3, -0.25) is 4.79 Å². The van der Waals surface area contributed by atoms with Crippen LogP contribution in [-0.4, -0.2) is 17.1 Å². The Balaban J connectivity index is 2.71. The first-order valence-electron chi connectivity index (χ1n) is 3.39. The molecular weight excluding hydrogens is 265 g/mol. The average Bonchev–Trinajstić information content (AvgIpc) is 2.07. The largest absolute Gasteiger partial charge is 0.471 e. The van der Waals surface area contributed by atoms with Crippen molar-refractivity contribution in [2.24, 2.45) is 0 Å². The van der Waals surface area contributed by atoms with Crippen LogP contribution in [0.2, 0.25) is 0 Å². The molecule has 1 heterocycles. The topological polar surface area (TPSA) is 42.0 Å². The van der Waals surface area contributed by atoms with Gasteiger partial charge in [-0.2, -0.15) is 13.2 Å². The van der Waals surface area contributed by atoms with Gasteiger partial charge < -0.3 is 5.32 Å². The number of carbonyl (C=O) groups excluding carboxylic acids is 1. The van der Waals surface area contributed by atoms with Gasteiger partial charge in [0.05, 0.1) is 11.9 Å². The van der Waals surface area contributed by atoms with Crippen molar-refractivity contribution in [3.8, 4) is 0 Å². The Kier molecular flexibility index (Phi) is 3.10. The van der Waals surface area contributed by atoms with E-state index in [0.29, 0.717) is 4.60 Å². The molecule has 0 aromatic carbocycles. The third-order valence-corrected chi connectivity index (χ3v) is 1.71. The van der Waals surface area contributed by atoms with Gasteiger partial charge in [0, 0.05) is 0 Å². The van der Waals surface area contributed by atoms with Gasteiger partial charge in [-0.25, -0.2) is 4.98 Å². The Labute approximate surface area is 85.5 Å². The smallest absolute Gasteiger partial charge is 0.317 e. The van der Waals surface area contributed by atoms with Crippen LogP contribution >= 0.6 is 15.9 Å². The molecule has 7 heteroatoms. The van der Waals surface area contributed by atoms with E-state index in [1.807, 2.05) is 0 Å². The molecule has 1 amide bonds. The first-order valence-corrected chi connectivity index (χ1v) is 4.18. The maximum absolute atomic E-state index is 11.8. The molecule has 1 aromatic rings. The summed E-state index contributed by atoms with van der Waals surface area (Å²) in [5.41, 5.74) is -0.00414. The minimum Gasteiger partial charge on any atom is -0.317 e. The molecule has 0 aliphatic carbocycles. The first-order chi connectivity index (χ1) is 6.39. The molecule has 0 radical (unpaired) electrons. The third-order valence-electron chi connectivity index (χ3n) is 1.24. The molecular formula is C7H4BrF3N2O. The molecule has 0 saturated carbocycles. The second kappa shape index (κ2) is 3.95. The predicted octanol–water partition coefficient (Wildman–Crippen LogP) is 2.34. The molecule has 0 bridgehead atoms. The number of anilines is 1. The van der Waals surface area contributed by atoms with Crippen LogP contribution in [0.15, 0.2) is 22.9 Å². The van der Waals surface area contributed by atoms with Crippen LogP contribution in [0.25, 0.3) is 0 Å². The quantitative estimate of drug-likeness (QED) is 0.795. The number of hydrogen-bond acceptors (Lipinski definition) is 2. The number of alkyl halides is 3. The Morgan fingerprint density at radius 2 is 2.07 bits per heavy atom. The van der Waals surface area contributed by atoms with Crippen molar-refractivity contribution in [2.75, 3.05) is 5.32 Å². The summed E-state index contributed by atoms with van der Waals surface area (Å²) in [6, 6.07) is 2.73. The second-order valence-corrected chi connectivity index (χ2v) is 3.13. The molecule has 1 N–H and O–H groups in total. The third kappa shape index (κ3) is 2.99. The maximum Gasteiger partial charge on any atom is 0.471 e. The Bertz CT molecular complexity index is 336.